The van der Waals surface area contributed by atoms with Gasteiger partial charge >= 0.3 is 6.03 Å². The molecule has 1 saturated heterocycles. The van der Waals surface area contributed by atoms with E-state index in [2.05, 4.69) is 24.4 Å². The van der Waals surface area contributed by atoms with Gasteiger partial charge in [0.15, 0.2) is 0 Å². The van der Waals surface area contributed by atoms with Gasteiger partial charge < -0.3 is 15.0 Å². The van der Waals surface area contributed by atoms with Crippen LogP contribution in [0.4, 0.5) is 16.2 Å². The van der Waals surface area contributed by atoms with Crippen molar-refractivity contribution in [1.82, 2.24) is 4.90 Å². The van der Waals surface area contributed by atoms with Crippen molar-refractivity contribution in [1.29, 1.82) is 0 Å². The lowest BCUT2D eigenvalue weighted by molar-refractivity contribution is 0.102. The maximum atomic E-state index is 13.2. The molecular formula is C26H27N3O3. The van der Waals surface area contributed by atoms with E-state index in [9.17, 15) is 9.59 Å². The molecule has 1 aliphatic rings. The molecule has 0 aromatic heterocycles. The van der Waals surface area contributed by atoms with E-state index in [4.69, 9.17) is 4.74 Å². The number of urea groups is 1. The second kappa shape index (κ2) is 9.56. The first-order chi connectivity index (χ1) is 15.6. The van der Waals surface area contributed by atoms with Gasteiger partial charge in [0, 0.05) is 24.5 Å². The van der Waals surface area contributed by atoms with Crippen molar-refractivity contribution in [3.05, 3.63) is 90.0 Å². The van der Waals surface area contributed by atoms with Gasteiger partial charge in [0.05, 0.1) is 18.7 Å². The maximum Gasteiger partial charge on any atom is 0.324 e. The summed E-state index contributed by atoms with van der Waals surface area (Å²) in [6.45, 7) is 3.47. The van der Waals surface area contributed by atoms with Crippen LogP contribution in [0.2, 0.25) is 0 Å². The molecule has 3 amide bonds. The average molecular weight is 430 g/mol. The summed E-state index contributed by atoms with van der Waals surface area (Å²) in [5.41, 5.74) is 3.06. The third kappa shape index (κ3) is 4.44. The van der Waals surface area contributed by atoms with Gasteiger partial charge in [-0.2, -0.15) is 0 Å². The van der Waals surface area contributed by atoms with Crippen LogP contribution in [0, 0.1) is 0 Å². The first-order valence-corrected chi connectivity index (χ1v) is 10.8. The van der Waals surface area contributed by atoms with Gasteiger partial charge in [-0.3, -0.25) is 9.69 Å². The highest BCUT2D eigenvalue weighted by molar-refractivity contribution is 6.06. The van der Waals surface area contributed by atoms with Gasteiger partial charge in [0.1, 0.15) is 5.75 Å². The molecule has 0 bridgehead atoms. The standard InChI is InChI=1S/C26H27N3O3/c1-19(20-9-4-3-5-10-20)28-17-8-18-29(26(28)31)22-15-13-21(14-16-22)27-25(30)23-11-6-7-12-24(23)32-2/h3-7,9-16,19H,8,17-18H2,1-2H3,(H,27,30)/t19-/m0/s1. The number of nitrogens with zero attached hydrogens (tertiary/aromatic N) is 2. The Labute approximate surface area is 188 Å². The predicted octanol–water partition coefficient (Wildman–Crippen LogP) is 5.34. The Balaban J connectivity index is 1.46. The average Bonchev–Trinajstić information content (AvgIpc) is 2.85. The number of amides is 3. The van der Waals surface area contributed by atoms with E-state index in [-0.39, 0.29) is 18.0 Å². The monoisotopic (exact) mass is 429 g/mol. The van der Waals surface area contributed by atoms with E-state index >= 15 is 0 Å². The van der Waals surface area contributed by atoms with Gasteiger partial charge in [-0.25, -0.2) is 4.79 Å². The van der Waals surface area contributed by atoms with Crippen molar-refractivity contribution in [3.8, 4) is 5.75 Å². The molecular weight excluding hydrogens is 402 g/mol. The van der Waals surface area contributed by atoms with Crippen molar-refractivity contribution < 1.29 is 14.3 Å². The predicted molar refractivity (Wildman–Crippen MR) is 126 cm³/mol. The molecule has 6 heteroatoms. The lowest BCUT2D eigenvalue weighted by Gasteiger charge is -2.39. The first kappa shape index (κ1) is 21.4. The number of methoxy groups -OCH3 is 1. The van der Waals surface area contributed by atoms with Crippen molar-refractivity contribution in [2.75, 3.05) is 30.4 Å². The van der Waals surface area contributed by atoms with E-state index in [0.29, 0.717) is 23.5 Å². The SMILES string of the molecule is COc1ccccc1C(=O)Nc1ccc(N2CCCN([C@@H](C)c3ccccc3)C2=O)cc1. The Morgan fingerprint density at radius 3 is 2.34 bits per heavy atom. The highest BCUT2D eigenvalue weighted by Gasteiger charge is 2.30. The van der Waals surface area contributed by atoms with Crippen LogP contribution >= 0.6 is 0 Å². The van der Waals surface area contributed by atoms with Gasteiger partial charge in [0.25, 0.3) is 5.91 Å². The number of ether oxygens (including phenoxy) is 1. The molecule has 0 saturated carbocycles. The zero-order chi connectivity index (χ0) is 22.5. The van der Waals surface area contributed by atoms with Gasteiger partial charge in [-0.1, -0.05) is 42.5 Å². The molecule has 0 spiro atoms. The summed E-state index contributed by atoms with van der Waals surface area (Å²) in [5.74, 6) is 0.278. The van der Waals surface area contributed by atoms with Crippen LogP contribution in [0.3, 0.4) is 0 Å². The summed E-state index contributed by atoms with van der Waals surface area (Å²) in [6, 6.07) is 24.5. The zero-order valence-electron chi connectivity index (χ0n) is 18.3. The molecule has 1 atom stereocenters. The van der Waals surface area contributed by atoms with E-state index < -0.39 is 0 Å². The fourth-order valence-corrected chi connectivity index (χ4v) is 4.01. The van der Waals surface area contributed by atoms with Crippen LogP contribution < -0.4 is 15.0 Å². The Hall–Kier alpha value is -3.80. The smallest absolute Gasteiger partial charge is 0.324 e. The normalized spacial score (nSPS) is 14.8. The molecule has 0 aliphatic carbocycles. The van der Waals surface area contributed by atoms with Crippen LogP contribution in [0.15, 0.2) is 78.9 Å². The first-order valence-electron chi connectivity index (χ1n) is 10.8. The highest BCUT2D eigenvalue weighted by Crippen LogP contribution is 2.28. The Morgan fingerprint density at radius 2 is 1.62 bits per heavy atom. The number of anilines is 2. The molecule has 1 fully saturated rings. The van der Waals surface area contributed by atoms with Crippen molar-refractivity contribution in [2.24, 2.45) is 0 Å². The number of carbonyl (C=O) groups excluding carboxylic acids is 2. The van der Waals surface area contributed by atoms with Crippen LogP contribution in [0.1, 0.15) is 35.3 Å². The Kier molecular flexibility index (Phi) is 6.40. The fourth-order valence-electron chi connectivity index (χ4n) is 4.01. The summed E-state index contributed by atoms with van der Waals surface area (Å²) in [7, 11) is 1.54. The lowest BCUT2D eigenvalue weighted by atomic mass is 10.1. The molecule has 3 aromatic carbocycles. The number of hydrogen-bond acceptors (Lipinski definition) is 3. The third-order valence-electron chi connectivity index (χ3n) is 5.80. The Bertz CT molecular complexity index is 1080. The van der Waals surface area contributed by atoms with E-state index in [0.717, 1.165) is 24.2 Å². The minimum atomic E-state index is -0.243. The maximum absolute atomic E-state index is 13.2. The van der Waals surface area contributed by atoms with E-state index in [1.54, 1.807) is 30.2 Å². The van der Waals surface area contributed by atoms with Crippen LogP contribution in [0.25, 0.3) is 0 Å². The van der Waals surface area contributed by atoms with Crippen molar-refractivity contribution in [2.45, 2.75) is 19.4 Å². The third-order valence-corrected chi connectivity index (χ3v) is 5.80. The highest BCUT2D eigenvalue weighted by atomic mass is 16.5. The number of benzene rings is 3. The summed E-state index contributed by atoms with van der Waals surface area (Å²) in [4.78, 5) is 29.6. The summed E-state index contributed by atoms with van der Waals surface area (Å²) >= 11 is 0. The number of rotatable bonds is 6. The van der Waals surface area contributed by atoms with E-state index in [1.807, 2.05) is 53.4 Å². The molecule has 0 radical (unpaired) electrons. The van der Waals surface area contributed by atoms with Crippen molar-refractivity contribution in [3.63, 3.8) is 0 Å². The molecule has 3 aromatic rings. The Morgan fingerprint density at radius 1 is 0.938 bits per heavy atom. The summed E-state index contributed by atoms with van der Waals surface area (Å²) in [6.07, 6.45) is 0.898. The number of carbonyl (C=O) groups is 2. The molecule has 1 heterocycles. The molecule has 1 aliphatic heterocycles. The number of nitrogens with one attached hydrogen (secondary N) is 1. The largest absolute Gasteiger partial charge is 0.496 e. The quantitative estimate of drug-likeness (QED) is 0.575. The summed E-state index contributed by atoms with van der Waals surface area (Å²) in [5, 5.41) is 2.89. The van der Waals surface area contributed by atoms with Crippen LogP contribution in [-0.4, -0.2) is 37.0 Å². The topological polar surface area (TPSA) is 61.9 Å². The molecule has 1 N–H and O–H groups in total. The zero-order valence-corrected chi connectivity index (χ0v) is 18.3. The molecule has 164 valence electrons. The minimum absolute atomic E-state index is 0.00147. The lowest BCUT2D eigenvalue weighted by Crippen LogP contribution is -2.50. The second-order valence-corrected chi connectivity index (χ2v) is 7.77. The summed E-state index contributed by atoms with van der Waals surface area (Å²) < 4.78 is 5.27. The van der Waals surface area contributed by atoms with Crippen LogP contribution in [0.5, 0.6) is 5.75 Å². The second-order valence-electron chi connectivity index (χ2n) is 7.77. The molecule has 6 nitrogen and oxygen atoms in total. The van der Waals surface area contributed by atoms with Gasteiger partial charge in [-0.05, 0) is 55.3 Å². The van der Waals surface area contributed by atoms with Gasteiger partial charge in [0.2, 0.25) is 0 Å². The van der Waals surface area contributed by atoms with Crippen LogP contribution in [-0.2, 0) is 0 Å². The fraction of sp³-hybridized carbons (Fsp3) is 0.231. The van der Waals surface area contributed by atoms with E-state index in [1.165, 1.54) is 0 Å². The number of hydrogen-bond donors (Lipinski definition) is 1. The number of para-hydroxylation sites is 1. The molecule has 0 unspecified atom stereocenters. The molecule has 4 rings (SSSR count). The van der Waals surface area contributed by atoms with Crippen molar-refractivity contribution >= 4 is 23.3 Å². The van der Waals surface area contributed by atoms with Gasteiger partial charge in [-0.15, -0.1) is 0 Å². The molecule has 32 heavy (non-hydrogen) atoms. The minimum Gasteiger partial charge on any atom is -0.496 e.